The number of thioether (sulfide) groups is 1. The van der Waals surface area contributed by atoms with Crippen molar-refractivity contribution in [1.29, 1.82) is 0 Å². The van der Waals surface area contributed by atoms with Crippen LogP contribution in [0.25, 0.3) is 0 Å². The first kappa shape index (κ1) is 31.2. The zero-order valence-corrected chi connectivity index (χ0v) is 26.9. The molecule has 13 heteroatoms. The summed E-state index contributed by atoms with van der Waals surface area (Å²) in [6.45, 7) is 6.96. The van der Waals surface area contributed by atoms with Gasteiger partial charge >= 0.3 is 6.18 Å². The van der Waals surface area contributed by atoms with Gasteiger partial charge in [-0.25, -0.2) is 23.9 Å². The molecule has 0 aromatic heterocycles. The van der Waals surface area contributed by atoms with Crippen LogP contribution in [0, 0.1) is 35.5 Å². The largest absolute Gasteiger partial charge is 0.463 e. The van der Waals surface area contributed by atoms with Crippen LogP contribution in [0.15, 0.2) is 22.7 Å². The van der Waals surface area contributed by atoms with Crippen molar-refractivity contribution in [2.75, 3.05) is 18.2 Å². The number of rotatable bonds is 5. The Morgan fingerprint density at radius 2 is 1.22 bits per heavy atom. The van der Waals surface area contributed by atoms with Gasteiger partial charge in [0, 0.05) is 48.0 Å². The SMILES string of the molecule is C[C@@H]1CC[C@H]2C(CSCC3=C(C(F)(F)F)O[C@@H]4O[C@]5(C)CCC6[C@H](C)CC[C@@H]3[C@]64OO5)=C(CF)O[C@@H]3O[C@]4(C)CCC1[C@]32OO4. The summed E-state index contributed by atoms with van der Waals surface area (Å²) in [7, 11) is 0. The molecule has 12 atom stereocenters. The molecular formula is C32H42F4O8S. The van der Waals surface area contributed by atoms with Gasteiger partial charge < -0.3 is 18.9 Å². The van der Waals surface area contributed by atoms with Crippen LogP contribution in [0.3, 0.4) is 0 Å². The number of fused-ring (bicyclic) bond motifs is 4. The van der Waals surface area contributed by atoms with Gasteiger partial charge in [0.2, 0.25) is 29.9 Å². The van der Waals surface area contributed by atoms with Gasteiger partial charge in [-0.05, 0) is 75.4 Å². The first-order valence-electron chi connectivity index (χ1n) is 16.4. The first-order chi connectivity index (χ1) is 21.3. The highest BCUT2D eigenvalue weighted by Gasteiger charge is 2.71. The molecule has 0 aromatic carbocycles. The van der Waals surface area contributed by atoms with Gasteiger partial charge in [0.05, 0.1) is 0 Å². The predicted molar refractivity (Wildman–Crippen MR) is 151 cm³/mol. The molecule has 4 bridgehead atoms. The molecule has 0 amide bonds. The lowest BCUT2D eigenvalue weighted by atomic mass is 9.59. The molecule has 8 heterocycles. The van der Waals surface area contributed by atoms with E-state index in [2.05, 4.69) is 13.8 Å². The van der Waals surface area contributed by atoms with E-state index in [1.165, 1.54) is 11.8 Å². The Balaban J connectivity index is 1.12. The summed E-state index contributed by atoms with van der Waals surface area (Å²) in [4.78, 5) is 24.0. The zero-order valence-electron chi connectivity index (χ0n) is 26.1. The highest BCUT2D eigenvalue weighted by molar-refractivity contribution is 7.99. The van der Waals surface area contributed by atoms with Crippen molar-refractivity contribution in [3.8, 4) is 0 Å². The minimum absolute atomic E-state index is 0.0215. The molecule has 8 nitrogen and oxygen atoms in total. The molecule has 252 valence electrons. The maximum absolute atomic E-state index is 14.7. The second kappa shape index (κ2) is 10.5. The minimum Gasteiger partial charge on any atom is -0.463 e. The number of hydrogen-bond acceptors (Lipinski definition) is 9. The summed E-state index contributed by atoms with van der Waals surface area (Å²) < 4.78 is 83.2. The van der Waals surface area contributed by atoms with Crippen molar-refractivity contribution in [3.05, 3.63) is 22.7 Å². The number of halogens is 4. The molecule has 45 heavy (non-hydrogen) atoms. The average molecular weight is 663 g/mol. The molecule has 2 unspecified atom stereocenters. The third kappa shape index (κ3) is 4.46. The minimum atomic E-state index is -4.72. The van der Waals surface area contributed by atoms with Gasteiger partial charge in [0.25, 0.3) is 0 Å². The summed E-state index contributed by atoms with van der Waals surface area (Å²) >= 11 is 1.31. The fourth-order valence-electron chi connectivity index (χ4n) is 10.0. The van der Waals surface area contributed by atoms with E-state index in [0.29, 0.717) is 38.0 Å². The quantitative estimate of drug-likeness (QED) is 0.224. The summed E-state index contributed by atoms with van der Waals surface area (Å²) in [5.74, 6) is -3.04. The Labute approximate surface area is 264 Å². The van der Waals surface area contributed by atoms with E-state index in [9.17, 15) is 17.6 Å². The number of allylic oxidation sites excluding steroid dienone is 2. The monoisotopic (exact) mass is 662 g/mol. The molecule has 2 aliphatic carbocycles. The van der Waals surface area contributed by atoms with E-state index in [0.717, 1.165) is 24.8 Å². The lowest BCUT2D eigenvalue weighted by molar-refractivity contribution is -0.557. The van der Waals surface area contributed by atoms with Crippen LogP contribution in [0.5, 0.6) is 0 Å². The Kier molecular flexibility index (Phi) is 7.25. The lowest BCUT2D eigenvalue weighted by Gasteiger charge is -2.58. The topological polar surface area (TPSA) is 73.8 Å². The summed E-state index contributed by atoms with van der Waals surface area (Å²) in [6, 6.07) is 0. The lowest BCUT2D eigenvalue weighted by Crippen LogP contribution is -2.67. The second-order valence-corrected chi connectivity index (χ2v) is 15.9. The van der Waals surface area contributed by atoms with Crippen LogP contribution < -0.4 is 0 Å². The predicted octanol–water partition coefficient (Wildman–Crippen LogP) is 7.25. The van der Waals surface area contributed by atoms with E-state index in [-0.39, 0.29) is 46.5 Å². The van der Waals surface area contributed by atoms with Crippen LogP contribution >= 0.6 is 11.8 Å². The molecule has 0 aromatic rings. The van der Waals surface area contributed by atoms with Gasteiger partial charge in [-0.15, -0.1) is 0 Å². The normalized spacial score (nSPS) is 50.3. The fraction of sp³-hybridized carbons (Fsp3) is 0.875. The molecule has 8 aliphatic heterocycles. The first-order valence-corrected chi connectivity index (χ1v) is 17.6. The molecular weight excluding hydrogens is 620 g/mol. The van der Waals surface area contributed by atoms with Crippen molar-refractivity contribution in [1.82, 2.24) is 0 Å². The van der Waals surface area contributed by atoms with Crippen LogP contribution in [0.4, 0.5) is 17.6 Å². The molecule has 6 saturated heterocycles. The van der Waals surface area contributed by atoms with Crippen molar-refractivity contribution in [2.45, 2.75) is 121 Å². The molecule has 10 aliphatic rings. The van der Waals surface area contributed by atoms with Gasteiger partial charge in [0.15, 0.2) is 11.2 Å². The molecule has 8 fully saturated rings. The third-order valence-corrected chi connectivity index (χ3v) is 13.3. The van der Waals surface area contributed by atoms with Gasteiger partial charge in [-0.3, -0.25) is 0 Å². The fourth-order valence-corrected chi connectivity index (χ4v) is 11.3. The highest BCUT2D eigenvalue weighted by Crippen LogP contribution is 2.63. The standard InChI is InChI=1S/C32H42F4O8S/c1-16-5-7-22-18(24(13-33)37-26-30(22)20(16)9-11-28(3,39-26)41-43-30)14-45-15-19-23-8-6-17(2)21-10-12-29(4)40-27(31(21,23)44-42-29)38-25(19)32(34,35)36/h16-17,20-23,26-27H,5-15H2,1-4H3/t16-,17-,20?,21?,22+,23+,26-,27-,28+,29+,30-,31-/m1/s1. The molecule has 10 rings (SSSR count). The van der Waals surface area contributed by atoms with Crippen molar-refractivity contribution < 1.29 is 56.1 Å². The highest BCUT2D eigenvalue weighted by atomic mass is 32.2. The Morgan fingerprint density at radius 3 is 1.76 bits per heavy atom. The molecule has 2 saturated carbocycles. The van der Waals surface area contributed by atoms with E-state index in [4.69, 9.17) is 38.5 Å². The maximum Gasteiger partial charge on any atom is 0.449 e. The number of hydrogen-bond donors (Lipinski definition) is 0. The third-order valence-electron chi connectivity index (χ3n) is 12.3. The van der Waals surface area contributed by atoms with Crippen LogP contribution in [0.1, 0.15) is 79.1 Å². The second-order valence-electron chi connectivity index (χ2n) is 14.9. The number of ether oxygens (including phenoxy) is 4. The van der Waals surface area contributed by atoms with E-state index in [1.807, 2.05) is 6.92 Å². The molecule has 0 radical (unpaired) electrons. The summed E-state index contributed by atoms with van der Waals surface area (Å²) in [5, 5.41) is 0. The summed E-state index contributed by atoms with van der Waals surface area (Å²) in [5.41, 5.74) is -1.25. The Hall–Kier alpha value is -1.09. The molecule has 2 spiro atoms. The van der Waals surface area contributed by atoms with Crippen molar-refractivity contribution in [3.63, 3.8) is 0 Å². The maximum atomic E-state index is 14.7. The van der Waals surface area contributed by atoms with Crippen LogP contribution in [-0.2, 0) is 38.5 Å². The Bertz CT molecular complexity index is 1290. The molecule has 0 N–H and O–H groups in total. The average Bonchev–Trinajstić information content (AvgIpc) is 3.36. The van der Waals surface area contributed by atoms with E-state index < -0.39 is 59.9 Å². The van der Waals surface area contributed by atoms with Crippen molar-refractivity contribution in [2.24, 2.45) is 35.5 Å². The van der Waals surface area contributed by atoms with Crippen LogP contribution in [0.2, 0.25) is 0 Å². The van der Waals surface area contributed by atoms with Crippen LogP contribution in [-0.4, -0.2) is 59.7 Å². The summed E-state index contributed by atoms with van der Waals surface area (Å²) in [6.07, 6.45) is -1.24. The van der Waals surface area contributed by atoms with Gasteiger partial charge in [-0.1, -0.05) is 13.8 Å². The van der Waals surface area contributed by atoms with E-state index >= 15 is 0 Å². The zero-order chi connectivity index (χ0) is 31.6. The van der Waals surface area contributed by atoms with E-state index in [1.54, 1.807) is 6.92 Å². The Morgan fingerprint density at radius 1 is 0.711 bits per heavy atom. The van der Waals surface area contributed by atoms with Crippen molar-refractivity contribution >= 4 is 11.8 Å². The van der Waals surface area contributed by atoms with Gasteiger partial charge in [-0.2, -0.15) is 24.9 Å². The smallest absolute Gasteiger partial charge is 0.449 e. The number of alkyl halides is 4. The van der Waals surface area contributed by atoms with Gasteiger partial charge in [0.1, 0.15) is 12.4 Å².